The zero-order chi connectivity index (χ0) is 15.4. The molecule has 0 spiro atoms. The van der Waals surface area contributed by atoms with Crippen LogP contribution < -0.4 is 10.1 Å². The maximum absolute atomic E-state index is 6.08. The summed E-state index contributed by atoms with van der Waals surface area (Å²) in [6, 6.07) is 7.61. The lowest BCUT2D eigenvalue weighted by molar-refractivity contribution is 0.303. The molecular formula is C16H19Cl2NO2. The standard InChI is InChI=1S/C16H19Cl2NO2/c1-10(2)19-8-14-6-12(11(3)21-14)9-20-16-5-4-13(17)7-15(16)18/h4-7,10,19H,8-9H2,1-3H3. The zero-order valence-electron chi connectivity index (χ0n) is 12.4. The predicted molar refractivity (Wildman–Crippen MR) is 86.2 cm³/mol. The van der Waals surface area contributed by atoms with E-state index in [-0.39, 0.29) is 0 Å². The van der Waals surface area contributed by atoms with Crippen molar-refractivity contribution in [2.75, 3.05) is 0 Å². The van der Waals surface area contributed by atoms with Crippen molar-refractivity contribution in [1.29, 1.82) is 0 Å². The van der Waals surface area contributed by atoms with Crippen LogP contribution in [-0.4, -0.2) is 6.04 Å². The zero-order valence-corrected chi connectivity index (χ0v) is 13.9. The summed E-state index contributed by atoms with van der Waals surface area (Å²) < 4.78 is 11.4. The van der Waals surface area contributed by atoms with E-state index in [0.29, 0.717) is 35.0 Å². The summed E-state index contributed by atoms with van der Waals surface area (Å²) in [6.07, 6.45) is 0. The molecule has 1 N–H and O–H groups in total. The predicted octanol–water partition coefficient (Wildman–Crippen LogP) is 4.97. The second kappa shape index (κ2) is 7.21. The van der Waals surface area contributed by atoms with Crippen LogP contribution in [-0.2, 0) is 13.2 Å². The van der Waals surface area contributed by atoms with Crippen molar-refractivity contribution in [2.24, 2.45) is 0 Å². The van der Waals surface area contributed by atoms with E-state index in [0.717, 1.165) is 17.1 Å². The van der Waals surface area contributed by atoms with Crippen LogP contribution in [0, 0.1) is 6.92 Å². The summed E-state index contributed by atoms with van der Waals surface area (Å²) in [5.41, 5.74) is 1.02. The van der Waals surface area contributed by atoms with Crippen LogP contribution in [0.3, 0.4) is 0 Å². The molecule has 0 aliphatic carbocycles. The number of hydrogen-bond acceptors (Lipinski definition) is 3. The molecule has 0 fully saturated rings. The van der Waals surface area contributed by atoms with E-state index in [2.05, 4.69) is 19.2 Å². The van der Waals surface area contributed by atoms with E-state index in [1.807, 2.05) is 13.0 Å². The van der Waals surface area contributed by atoms with Gasteiger partial charge in [-0.15, -0.1) is 0 Å². The molecule has 0 unspecified atom stereocenters. The van der Waals surface area contributed by atoms with Crippen LogP contribution in [0.25, 0.3) is 0 Å². The number of rotatable bonds is 6. The van der Waals surface area contributed by atoms with Gasteiger partial charge in [-0.3, -0.25) is 0 Å². The van der Waals surface area contributed by atoms with Gasteiger partial charge in [-0.05, 0) is 31.2 Å². The number of furan rings is 1. The Morgan fingerprint density at radius 3 is 2.67 bits per heavy atom. The van der Waals surface area contributed by atoms with Crippen molar-refractivity contribution in [3.8, 4) is 5.75 Å². The summed E-state index contributed by atoms with van der Waals surface area (Å²) in [5.74, 6) is 2.38. The Hall–Kier alpha value is -1.16. The van der Waals surface area contributed by atoms with E-state index in [1.165, 1.54) is 0 Å². The lowest BCUT2D eigenvalue weighted by atomic mass is 10.2. The molecule has 0 radical (unpaired) electrons. The minimum absolute atomic E-state index is 0.415. The Balaban J connectivity index is 1.99. The third kappa shape index (κ3) is 4.67. The smallest absolute Gasteiger partial charge is 0.138 e. The molecule has 0 amide bonds. The van der Waals surface area contributed by atoms with E-state index in [4.69, 9.17) is 32.4 Å². The van der Waals surface area contributed by atoms with Gasteiger partial charge in [0.2, 0.25) is 0 Å². The van der Waals surface area contributed by atoms with Gasteiger partial charge in [0.1, 0.15) is 23.9 Å². The van der Waals surface area contributed by atoms with Gasteiger partial charge in [-0.1, -0.05) is 37.0 Å². The van der Waals surface area contributed by atoms with Crippen molar-refractivity contribution in [2.45, 2.75) is 40.0 Å². The van der Waals surface area contributed by atoms with E-state index in [1.54, 1.807) is 18.2 Å². The van der Waals surface area contributed by atoms with Gasteiger partial charge in [0.05, 0.1) is 11.6 Å². The average Bonchev–Trinajstić information content (AvgIpc) is 2.76. The molecule has 21 heavy (non-hydrogen) atoms. The third-order valence-electron chi connectivity index (χ3n) is 3.03. The molecule has 0 saturated heterocycles. The first-order valence-corrected chi connectivity index (χ1v) is 7.60. The Morgan fingerprint density at radius 1 is 1.24 bits per heavy atom. The van der Waals surface area contributed by atoms with Gasteiger partial charge < -0.3 is 14.5 Å². The largest absolute Gasteiger partial charge is 0.487 e. The van der Waals surface area contributed by atoms with Crippen LogP contribution in [0.15, 0.2) is 28.7 Å². The molecule has 114 valence electrons. The highest BCUT2D eigenvalue weighted by atomic mass is 35.5. The minimum Gasteiger partial charge on any atom is -0.487 e. The molecule has 0 saturated carbocycles. The topological polar surface area (TPSA) is 34.4 Å². The Kier molecular flexibility index (Phi) is 5.57. The molecule has 2 rings (SSSR count). The Morgan fingerprint density at radius 2 is 2.00 bits per heavy atom. The van der Waals surface area contributed by atoms with E-state index >= 15 is 0 Å². The molecule has 0 atom stereocenters. The van der Waals surface area contributed by atoms with E-state index < -0.39 is 0 Å². The summed E-state index contributed by atoms with van der Waals surface area (Å²) in [5, 5.41) is 4.42. The fourth-order valence-corrected chi connectivity index (χ4v) is 2.33. The molecule has 1 aromatic heterocycles. The Labute approximate surface area is 135 Å². The molecule has 2 aromatic rings. The lowest BCUT2D eigenvalue weighted by Crippen LogP contribution is -2.21. The molecular weight excluding hydrogens is 309 g/mol. The third-order valence-corrected chi connectivity index (χ3v) is 3.56. The van der Waals surface area contributed by atoms with Gasteiger partial charge in [-0.2, -0.15) is 0 Å². The van der Waals surface area contributed by atoms with Crippen LogP contribution in [0.1, 0.15) is 30.9 Å². The van der Waals surface area contributed by atoms with Crippen molar-refractivity contribution >= 4 is 23.2 Å². The van der Waals surface area contributed by atoms with Crippen LogP contribution in [0.4, 0.5) is 0 Å². The highest BCUT2D eigenvalue weighted by molar-refractivity contribution is 6.35. The van der Waals surface area contributed by atoms with Gasteiger partial charge in [0, 0.05) is 16.6 Å². The molecule has 1 aromatic carbocycles. The monoisotopic (exact) mass is 327 g/mol. The average molecular weight is 328 g/mol. The van der Waals surface area contributed by atoms with Crippen LogP contribution >= 0.6 is 23.2 Å². The highest BCUT2D eigenvalue weighted by Crippen LogP contribution is 2.28. The first-order valence-electron chi connectivity index (χ1n) is 6.85. The highest BCUT2D eigenvalue weighted by Gasteiger charge is 2.10. The summed E-state index contributed by atoms with van der Waals surface area (Å²) in [6.45, 7) is 7.25. The Bertz CT molecular complexity index is 608. The SMILES string of the molecule is Cc1oc(CNC(C)C)cc1COc1ccc(Cl)cc1Cl. The van der Waals surface area contributed by atoms with E-state index in [9.17, 15) is 0 Å². The molecule has 0 bridgehead atoms. The van der Waals surface area contributed by atoms with Crippen molar-refractivity contribution in [3.05, 3.63) is 51.4 Å². The normalized spacial score (nSPS) is 11.1. The number of ether oxygens (including phenoxy) is 1. The van der Waals surface area contributed by atoms with Crippen molar-refractivity contribution in [1.82, 2.24) is 5.32 Å². The van der Waals surface area contributed by atoms with Gasteiger partial charge >= 0.3 is 0 Å². The second-order valence-corrected chi connectivity index (χ2v) is 6.04. The summed E-state index contributed by atoms with van der Waals surface area (Å²) in [4.78, 5) is 0. The van der Waals surface area contributed by atoms with Crippen LogP contribution in [0.2, 0.25) is 10.0 Å². The number of aryl methyl sites for hydroxylation is 1. The van der Waals surface area contributed by atoms with Crippen LogP contribution in [0.5, 0.6) is 5.75 Å². The first kappa shape index (κ1) is 16.2. The minimum atomic E-state index is 0.415. The summed E-state index contributed by atoms with van der Waals surface area (Å²) in [7, 11) is 0. The molecule has 0 aliphatic heterocycles. The van der Waals surface area contributed by atoms with Crippen molar-refractivity contribution in [3.63, 3.8) is 0 Å². The van der Waals surface area contributed by atoms with Gasteiger partial charge in [-0.25, -0.2) is 0 Å². The first-order chi connectivity index (χ1) is 9.95. The van der Waals surface area contributed by atoms with Gasteiger partial charge in [0.25, 0.3) is 0 Å². The lowest BCUT2D eigenvalue weighted by Gasteiger charge is -2.07. The maximum Gasteiger partial charge on any atom is 0.138 e. The fourth-order valence-electron chi connectivity index (χ4n) is 1.87. The van der Waals surface area contributed by atoms with Gasteiger partial charge in [0.15, 0.2) is 0 Å². The maximum atomic E-state index is 6.08. The molecule has 5 heteroatoms. The number of hydrogen-bond donors (Lipinski definition) is 1. The quantitative estimate of drug-likeness (QED) is 0.813. The fraction of sp³-hybridized carbons (Fsp3) is 0.375. The van der Waals surface area contributed by atoms with Crippen molar-refractivity contribution < 1.29 is 9.15 Å². The number of nitrogens with one attached hydrogen (secondary N) is 1. The molecule has 0 aliphatic rings. The molecule has 1 heterocycles. The molecule has 3 nitrogen and oxygen atoms in total. The number of benzene rings is 1. The number of halogens is 2. The second-order valence-electron chi connectivity index (χ2n) is 5.19. The summed E-state index contributed by atoms with van der Waals surface area (Å²) >= 11 is 11.9.